The van der Waals surface area contributed by atoms with Crippen molar-refractivity contribution in [2.75, 3.05) is 13.1 Å². The van der Waals surface area contributed by atoms with Crippen molar-refractivity contribution in [3.63, 3.8) is 0 Å². The van der Waals surface area contributed by atoms with E-state index in [2.05, 4.69) is 69.4 Å². The van der Waals surface area contributed by atoms with Gasteiger partial charge in [0.2, 0.25) is 0 Å². The highest BCUT2D eigenvalue weighted by molar-refractivity contribution is 6.04. The summed E-state index contributed by atoms with van der Waals surface area (Å²) in [6.45, 7) is 12.5. The molecule has 43 heavy (non-hydrogen) atoms. The van der Waals surface area contributed by atoms with Crippen LogP contribution in [0.2, 0.25) is 0 Å². The number of benzene rings is 3. The molecule has 2 heterocycles. The molecule has 0 spiro atoms. The lowest BCUT2D eigenvalue weighted by Crippen LogP contribution is -2.37. The van der Waals surface area contributed by atoms with Crippen LogP contribution in [0.15, 0.2) is 60.8 Å². The fourth-order valence-corrected chi connectivity index (χ4v) is 4.88. The van der Waals surface area contributed by atoms with Gasteiger partial charge in [-0.25, -0.2) is 14.8 Å². The molecule has 3 aromatic carbocycles. The molecule has 0 saturated heterocycles. The van der Waals surface area contributed by atoms with Crippen LogP contribution in [-0.4, -0.2) is 49.6 Å². The van der Waals surface area contributed by atoms with Crippen molar-refractivity contribution < 1.29 is 9.53 Å². The monoisotopic (exact) mass is 576 g/mol. The fourth-order valence-electron chi connectivity index (χ4n) is 4.88. The van der Waals surface area contributed by atoms with Crippen LogP contribution >= 0.6 is 0 Å². The second-order valence-electron chi connectivity index (χ2n) is 11.7. The Morgan fingerprint density at radius 2 is 1.72 bits per heavy atom. The molecular weight excluding hydrogens is 536 g/mol. The van der Waals surface area contributed by atoms with Gasteiger partial charge < -0.3 is 24.9 Å². The predicted octanol–water partition coefficient (Wildman–Crippen LogP) is 7.15. The van der Waals surface area contributed by atoms with E-state index in [1.54, 1.807) is 4.90 Å². The highest BCUT2D eigenvalue weighted by Gasteiger charge is 2.23. The number of aromatic amines is 2. The number of rotatable bonds is 9. The molecule has 0 unspecified atom stereocenters. The minimum atomic E-state index is -0.548. The van der Waals surface area contributed by atoms with E-state index in [4.69, 9.17) is 9.72 Å². The van der Waals surface area contributed by atoms with E-state index in [1.807, 2.05) is 58.2 Å². The smallest absolute Gasteiger partial charge is 0.410 e. The molecule has 2 aromatic heterocycles. The molecule has 0 radical (unpaired) electrons. The number of hydrogen-bond donors (Lipinski definition) is 3. The van der Waals surface area contributed by atoms with Gasteiger partial charge in [0.25, 0.3) is 0 Å². The third-order valence-electron chi connectivity index (χ3n) is 6.90. The molecule has 3 N–H and O–H groups in total. The van der Waals surface area contributed by atoms with Crippen molar-refractivity contribution in [1.82, 2.24) is 30.2 Å². The van der Waals surface area contributed by atoms with Crippen LogP contribution in [0, 0.1) is 11.8 Å². The van der Waals surface area contributed by atoms with Gasteiger partial charge in [-0.1, -0.05) is 50.0 Å². The highest BCUT2D eigenvalue weighted by atomic mass is 16.6. The quantitative estimate of drug-likeness (QED) is 0.128. The first kappa shape index (κ1) is 29.9. The van der Waals surface area contributed by atoms with Crippen molar-refractivity contribution >= 4 is 27.9 Å². The number of amides is 1. The summed E-state index contributed by atoms with van der Waals surface area (Å²) in [7, 11) is 0. The van der Waals surface area contributed by atoms with Gasteiger partial charge in [-0.3, -0.25) is 0 Å². The SMILES string of the molecule is CCCNCc1ncc(-c2ccc(C#Cc3ccc4c(ccc5[nH]c(CN(CCC)C(=O)OC(C)(C)C)nc54)c3)cc2)[nH]1. The third kappa shape index (κ3) is 7.62. The Morgan fingerprint density at radius 1 is 0.953 bits per heavy atom. The topological polar surface area (TPSA) is 98.9 Å². The predicted molar refractivity (Wildman–Crippen MR) is 173 cm³/mol. The van der Waals surface area contributed by atoms with Crippen LogP contribution < -0.4 is 5.32 Å². The van der Waals surface area contributed by atoms with Gasteiger partial charge in [-0.15, -0.1) is 0 Å². The number of H-pyrrole nitrogens is 2. The highest BCUT2D eigenvalue weighted by Crippen LogP contribution is 2.25. The summed E-state index contributed by atoms with van der Waals surface area (Å²) < 4.78 is 5.61. The molecule has 0 atom stereocenters. The largest absolute Gasteiger partial charge is 0.444 e. The summed E-state index contributed by atoms with van der Waals surface area (Å²) >= 11 is 0. The first-order valence-electron chi connectivity index (χ1n) is 15.0. The molecule has 8 nitrogen and oxygen atoms in total. The van der Waals surface area contributed by atoms with E-state index >= 15 is 0 Å². The maximum absolute atomic E-state index is 12.7. The van der Waals surface area contributed by atoms with E-state index in [1.165, 1.54) is 0 Å². The van der Waals surface area contributed by atoms with Crippen molar-refractivity contribution in [3.8, 4) is 23.1 Å². The van der Waals surface area contributed by atoms with Gasteiger partial charge in [0, 0.05) is 23.1 Å². The molecule has 0 bridgehead atoms. The number of nitrogens with one attached hydrogen (secondary N) is 3. The number of hydrogen-bond acceptors (Lipinski definition) is 5. The van der Waals surface area contributed by atoms with Gasteiger partial charge in [-0.2, -0.15) is 0 Å². The van der Waals surface area contributed by atoms with Crippen LogP contribution in [0.3, 0.4) is 0 Å². The minimum absolute atomic E-state index is 0.330. The Balaban J connectivity index is 1.30. The molecule has 222 valence electrons. The molecule has 0 aliphatic heterocycles. The fraction of sp³-hybridized carbons (Fsp3) is 0.343. The standard InChI is InChI=1S/C35H40N6O2/c1-6-18-36-22-31-37-21-30(39-31)26-13-10-24(11-14-26)8-9-25-12-16-28-27(20-25)15-17-29-33(28)40-32(38-29)23-41(19-7-2)34(42)43-35(3,4)5/h10-17,20-21,36H,6-7,18-19,22-23H2,1-5H3,(H,37,39)(H,38,40). The van der Waals surface area contributed by atoms with Crippen LogP contribution in [0.25, 0.3) is 33.1 Å². The molecule has 0 aliphatic carbocycles. The summed E-state index contributed by atoms with van der Waals surface area (Å²) in [5, 5.41) is 5.47. The Morgan fingerprint density at radius 3 is 2.47 bits per heavy atom. The first-order chi connectivity index (χ1) is 20.7. The zero-order valence-corrected chi connectivity index (χ0v) is 25.7. The number of ether oxygens (including phenoxy) is 1. The molecule has 5 rings (SSSR count). The molecule has 1 amide bonds. The zero-order chi connectivity index (χ0) is 30.4. The summed E-state index contributed by atoms with van der Waals surface area (Å²) in [5.74, 6) is 8.26. The average molecular weight is 577 g/mol. The zero-order valence-electron chi connectivity index (χ0n) is 25.7. The molecule has 0 saturated carbocycles. The number of carbonyl (C=O) groups is 1. The Bertz CT molecular complexity index is 1770. The third-order valence-corrected chi connectivity index (χ3v) is 6.90. The van der Waals surface area contributed by atoms with Crippen molar-refractivity contribution in [2.45, 2.75) is 66.2 Å². The number of carbonyl (C=O) groups excluding carboxylic acids is 1. The first-order valence-corrected chi connectivity index (χ1v) is 15.0. The lowest BCUT2D eigenvalue weighted by molar-refractivity contribution is 0.0229. The maximum atomic E-state index is 12.7. The summed E-state index contributed by atoms with van der Waals surface area (Å²) in [5.41, 5.74) is 5.23. The molecule has 8 heteroatoms. The van der Waals surface area contributed by atoms with Crippen molar-refractivity contribution in [1.29, 1.82) is 0 Å². The van der Waals surface area contributed by atoms with Crippen LogP contribution in [-0.2, 0) is 17.8 Å². The van der Waals surface area contributed by atoms with Crippen molar-refractivity contribution in [3.05, 3.63) is 83.6 Å². The van der Waals surface area contributed by atoms with E-state index in [0.717, 1.165) is 81.8 Å². The Hall–Kier alpha value is -4.61. The summed E-state index contributed by atoms with van der Waals surface area (Å²) in [6, 6.07) is 18.5. The molecule has 0 fully saturated rings. The molecular formula is C35H40N6O2. The lowest BCUT2D eigenvalue weighted by Gasteiger charge is -2.26. The van der Waals surface area contributed by atoms with Gasteiger partial charge in [0.05, 0.1) is 36.0 Å². The number of nitrogens with zero attached hydrogens (tertiary/aromatic N) is 3. The second-order valence-corrected chi connectivity index (χ2v) is 11.7. The van der Waals surface area contributed by atoms with Gasteiger partial charge in [0.1, 0.15) is 17.2 Å². The normalized spacial score (nSPS) is 11.5. The Kier molecular flexibility index (Phi) is 9.13. The van der Waals surface area contributed by atoms with Crippen LogP contribution in [0.5, 0.6) is 0 Å². The van der Waals surface area contributed by atoms with Crippen molar-refractivity contribution in [2.24, 2.45) is 0 Å². The minimum Gasteiger partial charge on any atom is -0.444 e. The van der Waals surface area contributed by atoms with E-state index < -0.39 is 5.60 Å². The number of aromatic nitrogens is 4. The van der Waals surface area contributed by atoms with Crippen LogP contribution in [0.1, 0.15) is 70.2 Å². The second kappa shape index (κ2) is 13.1. The number of imidazole rings is 2. The molecule has 5 aromatic rings. The van der Waals surface area contributed by atoms with Gasteiger partial charge >= 0.3 is 6.09 Å². The maximum Gasteiger partial charge on any atom is 0.410 e. The Labute approximate surface area is 253 Å². The summed E-state index contributed by atoms with van der Waals surface area (Å²) in [6.07, 6.45) is 3.48. The van der Waals surface area contributed by atoms with E-state index in [-0.39, 0.29) is 6.09 Å². The van der Waals surface area contributed by atoms with E-state index in [0.29, 0.717) is 13.1 Å². The van der Waals surface area contributed by atoms with Crippen LogP contribution in [0.4, 0.5) is 4.79 Å². The molecule has 0 aliphatic rings. The van der Waals surface area contributed by atoms with E-state index in [9.17, 15) is 4.79 Å². The van der Waals surface area contributed by atoms with Gasteiger partial charge in [-0.05, 0) is 81.4 Å². The average Bonchev–Trinajstić information content (AvgIpc) is 3.62. The van der Waals surface area contributed by atoms with Gasteiger partial charge in [0.15, 0.2) is 0 Å². The lowest BCUT2D eigenvalue weighted by atomic mass is 10.1. The summed E-state index contributed by atoms with van der Waals surface area (Å²) in [4.78, 5) is 30.6. The number of fused-ring (bicyclic) bond motifs is 3.